The second-order valence-electron chi connectivity index (χ2n) is 6.35. The summed E-state index contributed by atoms with van der Waals surface area (Å²) < 4.78 is 10.7. The zero-order chi connectivity index (χ0) is 19.9. The van der Waals surface area contributed by atoms with Crippen LogP contribution in [0.4, 0.5) is 0 Å². The molecule has 0 bridgehead atoms. The van der Waals surface area contributed by atoms with Gasteiger partial charge in [-0.25, -0.2) is 0 Å². The number of para-hydroxylation sites is 1. The number of ether oxygens (including phenoxy) is 2. The zero-order valence-electron chi connectivity index (χ0n) is 16.3. The van der Waals surface area contributed by atoms with Crippen LogP contribution >= 0.6 is 12.6 Å². The van der Waals surface area contributed by atoms with Crippen molar-refractivity contribution in [1.29, 1.82) is 0 Å². The molecule has 0 aliphatic heterocycles. The maximum Gasteiger partial charge on any atom is 0.131 e. The number of aryl methyl sites for hydroxylation is 1. The van der Waals surface area contributed by atoms with E-state index in [0.29, 0.717) is 12.3 Å². The standard InChI is InChI=1S/C22H25N3O2S/c1-15-5-4-6-18-16(12-24-22(15)18)9-10-23-14-25-20(13-28)19-8-7-17(26-2)11-21(19)27-3/h4-8,11-14,24,28H,9-10H2,1-3H3,(H,23,25)/b20-13-. The maximum absolute atomic E-state index is 5.45. The average Bonchev–Trinajstić information content (AvgIpc) is 3.15. The van der Waals surface area contributed by atoms with Crippen molar-refractivity contribution in [3.8, 4) is 11.5 Å². The Labute approximate surface area is 170 Å². The van der Waals surface area contributed by atoms with Crippen molar-refractivity contribution < 1.29 is 9.47 Å². The Morgan fingerprint density at radius 3 is 2.82 bits per heavy atom. The molecule has 2 N–H and O–H groups in total. The van der Waals surface area contributed by atoms with Crippen LogP contribution < -0.4 is 14.8 Å². The summed E-state index contributed by atoms with van der Waals surface area (Å²) in [5, 5.41) is 6.15. The van der Waals surface area contributed by atoms with E-state index in [9.17, 15) is 0 Å². The van der Waals surface area contributed by atoms with Crippen LogP contribution in [0.15, 0.2) is 53.0 Å². The number of hydrogen-bond donors (Lipinski definition) is 3. The fourth-order valence-electron chi connectivity index (χ4n) is 3.14. The minimum atomic E-state index is 0.688. The summed E-state index contributed by atoms with van der Waals surface area (Å²) in [6.07, 6.45) is 4.64. The molecule has 0 saturated carbocycles. The third-order valence-corrected chi connectivity index (χ3v) is 4.92. The number of thiol groups is 1. The summed E-state index contributed by atoms with van der Waals surface area (Å²) in [5.41, 5.74) is 5.42. The highest BCUT2D eigenvalue weighted by molar-refractivity contribution is 7.83. The van der Waals surface area contributed by atoms with E-state index < -0.39 is 0 Å². The van der Waals surface area contributed by atoms with Crippen LogP contribution in [0.3, 0.4) is 0 Å². The summed E-state index contributed by atoms with van der Waals surface area (Å²) in [6, 6.07) is 12.0. The Bertz CT molecular complexity index is 1010. The van der Waals surface area contributed by atoms with Crippen molar-refractivity contribution in [2.24, 2.45) is 4.99 Å². The van der Waals surface area contributed by atoms with Gasteiger partial charge in [0, 0.05) is 35.3 Å². The molecule has 5 nitrogen and oxygen atoms in total. The van der Waals surface area contributed by atoms with E-state index in [2.05, 4.69) is 59.2 Å². The van der Waals surface area contributed by atoms with E-state index in [1.807, 2.05) is 18.2 Å². The molecule has 146 valence electrons. The van der Waals surface area contributed by atoms with Crippen LogP contribution in [0, 0.1) is 6.92 Å². The van der Waals surface area contributed by atoms with Gasteiger partial charge in [-0.15, -0.1) is 12.6 Å². The molecule has 0 aliphatic rings. The van der Waals surface area contributed by atoms with E-state index in [1.165, 1.54) is 22.0 Å². The second kappa shape index (κ2) is 9.37. The first kappa shape index (κ1) is 19.9. The SMILES string of the molecule is COc1ccc(/C(=C/S)NC=NCCc2c[nH]c3c(C)cccc23)c(OC)c1. The molecule has 0 spiro atoms. The summed E-state index contributed by atoms with van der Waals surface area (Å²) in [6.45, 7) is 2.80. The molecule has 0 amide bonds. The molecule has 1 heterocycles. The predicted molar refractivity (Wildman–Crippen MR) is 120 cm³/mol. The van der Waals surface area contributed by atoms with Gasteiger partial charge in [0.05, 0.1) is 26.3 Å². The molecular weight excluding hydrogens is 370 g/mol. The third kappa shape index (κ3) is 4.34. The molecular formula is C22H25N3O2S. The van der Waals surface area contributed by atoms with Crippen molar-refractivity contribution in [3.63, 3.8) is 0 Å². The van der Waals surface area contributed by atoms with Crippen molar-refractivity contribution in [2.45, 2.75) is 13.3 Å². The predicted octanol–water partition coefficient (Wildman–Crippen LogP) is 4.58. The minimum absolute atomic E-state index is 0.688. The summed E-state index contributed by atoms with van der Waals surface area (Å²) in [5.74, 6) is 1.44. The summed E-state index contributed by atoms with van der Waals surface area (Å²) in [7, 11) is 3.26. The van der Waals surface area contributed by atoms with E-state index in [1.54, 1.807) is 26.0 Å². The Morgan fingerprint density at radius 2 is 2.07 bits per heavy atom. The molecule has 0 radical (unpaired) electrons. The fraction of sp³-hybridized carbons (Fsp3) is 0.227. The van der Waals surface area contributed by atoms with Crippen molar-refractivity contribution in [2.75, 3.05) is 20.8 Å². The van der Waals surface area contributed by atoms with Gasteiger partial charge in [0.2, 0.25) is 0 Å². The number of benzene rings is 2. The number of rotatable bonds is 8. The lowest BCUT2D eigenvalue weighted by Crippen LogP contribution is -2.11. The van der Waals surface area contributed by atoms with Crippen LogP contribution in [0.1, 0.15) is 16.7 Å². The molecule has 6 heteroatoms. The van der Waals surface area contributed by atoms with Gasteiger partial charge in [-0.1, -0.05) is 18.2 Å². The van der Waals surface area contributed by atoms with E-state index in [4.69, 9.17) is 9.47 Å². The largest absolute Gasteiger partial charge is 0.497 e. The van der Waals surface area contributed by atoms with Gasteiger partial charge in [-0.3, -0.25) is 4.99 Å². The number of fused-ring (bicyclic) bond motifs is 1. The fourth-order valence-corrected chi connectivity index (χ4v) is 3.35. The molecule has 1 aromatic heterocycles. The molecule has 28 heavy (non-hydrogen) atoms. The molecule has 0 unspecified atom stereocenters. The summed E-state index contributed by atoms with van der Waals surface area (Å²) >= 11 is 4.31. The second-order valence-corrected chi connectivity index (χ2v) is 6.61. The number of methoxy groups -OCH3 is 2. The molecule has 3 rings (SSSR count). The van der Waals surface area contributed by atoms with Crippen LogP contribution in [0.25, 0.3) is 16.6 Å². The minimum Gasteiger partial charge on any atom is -0.497 e. The van der Waals surface area contributed by atoms with Crippen LogP contribution in [0.5, 0.6) is 11.5 Å². The molecule has 2 aromatic carbocycles. The smallest absolute Gasteiger partial charge is 0.131 e. The summed E-state index contributed by atoms with van der Waals surface area (Å²) in [4.78, 5) is 7.85. The highest BCUT2D eigenvalue weighted by Crippen LogP contribution is 2.29. The number of nitrogens with zero attached hydrogens (tertiary/aromatic N) is 1. The maximum atomic E-state index is 5.45. The van der Waals surface area contributed by atoms with Crippen molar-refractivity contribution in [1.82, 2.24) is 10.3 Å². The Kier molecular flexibility index (Phi) is 6.66. The van der Waals surface area contributed by atoms with E-state index in [0.717, 1.165) is 23.4 Å². The highest BCUT2D eigenvalue weighted by atomic mass is 32.1. The lowest BCUT2D eigenvalue weighted by atomic mass is 10.1. The van der Waals surface area contributed by atoms with E-state index >= 15 is 0 Å². The number of hydrogen-bond acceptors (Lipinski definition) is 4. The molecule has 0 atom stereocenters. The zero-order valence-corrected chi connectivity index (χ0v) is 17.2. The van der Waals surface area contributed by atoms with Gasteiger partial charge in [-0.05, 0) is 42.0 Å². The average molecular weight is 396 g/mol. The highest BCUT2D eigenvalue weighted by Gasteiger charge is 2.09. The van der Waals surface area contributed by atoms with Crippen molar-refractivity contribution in [3.05, 3.63) is 64.7 Å². The topological polar surface area (TPSA) is 58.6 Å². The molecule has 0 aliphatic carbocycles. The quantitative estimate of drug-likeness (QED) is 0.297. The lowest BCUT2D eigenvalue weighted by Gasteiger charge is -2.12. The first-order valence-electron chi connectivity index (χ1n) is 9.05. The number of H-pyrrole nitrogens is 1. The van der Waals surface area contributed by atoms with Gasteiger partial charge < -0.3 is 19.8 Å². The van der Waals surface area contributed by atoms with Crippen LogP contribution in [0.2, 0.25) is 0 Å². The van der Waals surface area contributed by atoms with Gasteiger partial charge in [0.25, 0.3) is 0 Å². The van der Waals surface area contributed by atoms with E-state index in [-0.39, 0.29) is 0 Å². The molecule has 0 saturated heterocycles. The lowest BCUT2D eigenvalue weighted by molar-refractivity contribution is 0.393. The van der Waals surface area contributed by atoms with Gasteiger partial charge in [-0.2, -0.15) is 0 Å². The molecule has 3 aromatic rings. The number of aromatic nitrogens is 1. The Morgan fingerprint density at radius 1 is 1.21 bits per heavy atom. The first-order chi connectivity index (χ1) is 13.7. The first-order valence-corrected chi connectivity index (χ1v) is 9.56. The van der Waals surface area contributed by atoms with Crippen LogP contribution in [-0.2, 0) is 6.42 Å². The van der Waals surface area contributed by atoms with Gasteiger partial charge >= 0.3 is 0 Å². The monoisotopic (exact) mass is 395 g/mol. The van der Waals surface area contributed by atoms with Gasteiger partial charge in [0.1, 0.15) is 11.5 Å². The normalized spacial score (nSPS) is 11.9. The third-order valence-electron chi connectivity index (χ3n) is 4.66. The van der Waals surface area contributed by atoms with Crippen LogP contribution in [-0.4, -0.2) is 32.1 Å². The van der Waals surface area contributed by atoms with Crippen molar-refractivity contribution >= 4 is 35.6 Å². The number of aromatic amines is 1. The Balaban J connectivity index is 1.62. The van der Waals surface area contributed by atoms with Gasteiger partial charge in [0.15, 0.2) is 0 Å². The number of aliphatic imine (C=N–C) groups is 1. The number of nitrogens with one attached hydrogen (secondary N) is 2. The Hall–Kier alpha value is -2.86. The molecule has 0 fully saturated rings.